The molecule has 2 amide bonds. The number of rotatable bonds is 18. The van der Waals surface area contributed by atoms with Gasteiger partial charge in [0.05, 0.1) is 0 Å². The zero-order valence-corrected chi connectivity index (χ0v) is 40.9. The quantitative estimate of drug-likeness (QED) is 0.145. The number of halogens is 2. The van der Waals surface area contributed by atoms with E-state index in [1.54, 1.807) is 11.1 Å². The molecule has 1 atom stereocenters. The second-order valence-electron chi connectivity index (χ2n) is 18.7. The molecule has 12 heteroatoms. The molecule has 354 valence electrons. The number of carbonyl (C=O) groups excluding carboxylic acids is 2. The number of likely N-dealkylation sites (N-methyl/N-ethyl adjacent to an activating group) is 1. The third-order valence-electron chi connectivity index (χ3n) is 12.9. The summed E-state index contributed by atoms with van der Waals surface area (Å²) < 4.78 is 31.5. The Balaban J connectivity index is 1.12. The van der Waals surface area contributed by atoms with Crippen LogP contribution in [0.25, 0.3) is 5.57 Å². The summed E-state index contributed by atoms with van der Waals surface area (Å²) >= 11 is 0. The van der Waals surface area contributed by atoms with Gasteiger partial charge in [0.25, 0.3) is 5.91 Å². The zero-order chi connectivity index (χ0) is 47.2. The van der Waals surface area contributed by atoms with Crippen molar-refractivity contribution in [1.29, 1.82) is 0 Å². The molecule has 0 bridgehead atoms. The fraction of sp³-hybridized carbons (Fsp3) is 0.509. The highest BCUT2D eigenvalue weighted by molar-refractivity contribution is 5.94. The number of nitrogens with zero attached hydrogens (tertiary/aromatic N) is 6. The van der Waals surface area contributed by atoms with Gasteiger partial charge in [-0.25, -0.2) is 8.78 Å². The summed E-state index contributed by atoms with van der Waals surface area (Å²) in [6.07, 6.45) is 16.9. The number of anilines is 1. The predicted octanol–water partition coefficient (Wildman–Crippen LogP) is 8.36. The topological polar surface area (TPSA) is 77.6 Å². The standard InChI is InChI=1S/C53H76F2N8O2/c1-11-21-59(10)51-30-44(13-12-39(51)3)36-61-27-28-63(41(5)35-61)37-43-15-25-62(26-16-43)53(65)47-32-49(54)52(50(55)33-47)45-18-23-60(24-19-45)34-38(2)29-40(4)46(17-22-58(8)9)31-48(56-7)14-20-57-42(6)64/h12-14,17-18,20,22,29-33,41,43,56H,11,15-16,19,21,23-28,34-37H2,1-10H3,(H,57,64)/b20-14-,22-17-,38-29+,46-40-,48-31+. The van der Waals surface area contributed by atoms with Crippen LogP contribution in [0.4, 0.5) is 14.5 Å². The summed E-state index contributed by atoms with van der Waals surface area (Å²) in [6, 6.07) is 9.79. The van der Waals surface area contributed by atoms with E-state index in [1.807, 2.05) is 56.5 Å². The van der Waals surface area contributed by atoms with E-state index < -0.39 is 11.6 Å². The monoisotopic (exact) mass is 895 g/mol. The van der Waals surface area contributed by atoms with Crippen molar-refractivity contribution in [3.8, 4) is 0 Å². The fourth-order valence-electron chi connectivity index (χ4n) is 9.28. The van der Waals surface area contributed by atoms with E-state index in [1.165, 1.54) is 35.9 Å². The molecule has 2 aromatic carbocycles. The van der Waals surface area contributed by atoms with Gasteiger partial charge in [0, 0.05) is 142 Å². The van der Waals surface area contributed by atoms with Gasteiger partial charge >= 0.3 is 0 Å². The Bertz CT molecular complexity index is 2120. The smallest absolute Gasteiger partial charge is 0.254 e. The normalized spacial score (nSPS) is 19.2. The largest absolute Gasteiger partial charge is 0.388 e. The number of hydrogen-bond acceptors (Lipinski definition) is 8. The Morgan fingerprint density at radius 1 is 0.923 bits per heavy atom. The van der Waals surface area contributed by atoms with Crippen molar-refractivity contribution in [2.24, 2.45) is 5.92 Å². The Labute approximate surface area is 389 Å². The molecule has 0 radical (unpaired) electrons. The van der Waals surface area contributed by atoms with Gasteiger partial charge in [-0.3, -0.25) is 24.3 Å². The predicted molar refractivity (Wildman–Crippen MR) is 264 cm³/mol. The van der Waals surface area contributed by atoms with Crippen molar-refractivity contribution < 1.29 is 18.4 Å². The van der Waals surface area contributed by atoms with Crippen molar-refractivity contribution >= 4 is 23.1 Å². The summed E-state index contributed by atoms with van der Waals surface area (Å²) in [7, 11) is 7.95. The van der Waals surface area contributed by atoms with Crippen LogP contribution < -0.4 is 15.5 Å². The highest BCUT2D eigenvalue weighted by Crippen LogP contribution is 2.30. The summed E-state index contributed by atoms with van der Waals surface area (Å²) in [5.74, 6) is -1.32. The number of amides is 2. The number of nitrogens with one attached hydrogen (secondary N) is 2. The summed E-state index contributed by atoms with van der Waals surface area (Å²) in [6.45, 7) is 21.6. The minimum Gasteiger partial charge on any atom is -0.388 e. The first-order valence-corrected chi connectivity index (χ1v) is 23.6. The number of aryl methyl sites for hydroxylation is 1. The van der Waals surface area contributed by atoms with Crippen molar-refractivity contribution in [2.45, 2.75) is 79.8 Å². The second kappa shape index (κ2) is 24.5. The first-order chi connectivity index (χ1) is 31.0. The molecule has 10 nitrogen and oxygen atoms in total. The van der Waals surface area contributed by atoms with Gasteiger partial charge in [-0.2, -0.15) is 0 Å². The molecule has 2 fully saturated rings. The van der Waals surface area contributed by atoms with Crippen molar-refractivity contribution in [3.05, 3.63) is 129 Å². The SMILES string of the molecule is CCCN(C)c1cc(CN2CCN(CC3CCN(C(=O)c4cc(F)c(C5=CCN(C/C(C)=C/C(C)=C(/C=C\N(C)C)\C=C(/C=C\NC(C)=O)NC)CC5)c(F)c4)CC3)C(C)C2)ccc1C. The summed E-state index contributed by atoms with van der Waals surface area (Å²) in [5, 5.41) is 5.85. The van der Waals surface area contributed by atoms with E-state index in [-0.39, 0.29) is 22.9 Å². The minimum atomic E-state index is -0.682. The van der Waals surface area contributed by atoms with Crippen LogP contribution in [-0.2, 0) is 11.3 Å². The number of hydrogen-bond donors (Lipinski definition) is 2. The van der Waals surface area contributed by atoms with Crippen molar-refractivity contribution in [3.63, 3.8) is 0 Å². The minimum absolute atomic E-state index is 0.0274. The van der Waals surface area contributed by atoms with Gasteiger partial charge in [-0.15, -0.1) is 0 Å². The molecular weight excluding hydrogens is 819 g/mol. The van der Waals surface area contributed by atoms with Crippen molar-refractivity contribution in [2.75, 3.05) is 98.5 Å². The Kier molecular flexibility index (Phi) is 19.2. The molecule has 0 saturated carbocycles. The molecule has 2 aromatic rings. The molecule has 2 N–H and O–H groups in total. The maximum atomic E-state index is 15.8. The molecule has 5 rings (SSSR count). The number of piperidine rings is 1. The average Bonchev–Trinajstić information content (AvgIpc) is 3.26. The lowest BCUT2D eigenvalue weighted by Gasteiger charge is -2.42. The van der Waals surface area contributed by atoms with Gasteiger partial charge in [0.1, 0.15) is 11.6 Å². The number of likely N-dealkylation sites (tertiary alicyclic amines) is 1. The zero-order valence-electron chi connectivity index (χ0n) is 40.9. The van der Waals surface area contributed by atoms with Crippen LogP contribution in [0.5, 0.6) is 0 Å². The molecule has 0 aromatic heterocycles. The number of benzene rings is 2. The van der Waals surface area contributed by atoms with Gasteiger partial charge < -0.3 is 25.3 Å². The first-order valence-electron chi connectivity index (χ1n) is 23.6. The fourth-order valence-corrected chi connectivity index (χ4v) is 9.28. The third kappa shape index (κ3) is 15.0. The molecule has 1 unspecified atom stereocenters. The van der Waals surface area contributed by atoms with Crippen LogP contribution in [0.3, 0.4) is 0 Å². The molecule has 65 heavy (non-hydrogen) atoms. The molecule has 0 spiro atoms. The van der Waals surface area contributed by atoms with Crippen LogP contribution in [-0.4, -0.2) is 136 Å². The van der Waals surface area contributed by atoms with Gasteiger partial charge in [-0.05, 0) is 130 Å². The van der Waals surface area contributed by atoms with Crippen LogP contribution in [0.2, 0.25) is 0 Å². The van der Waals surface area contributed by atoms with E-state index in [9.17, 15) is 9.59 Å². The maximum absolute atomic E-state index is 15.8. The lowest BCUT2D eigenvalue weighted by molar-refractivity contribution is -0.118. The van der Waals surface area contributed by atoms with Gasteiger partial charge in [0.15, 0.2) is 0 Å². The van der Waals surface area contributed by atoms with Crippen LogP contribution >= 0.6 is 0 Å². The van der Waals surface area contributed by atoms with Crippen molar-refractivity contribution in [1.82, 2.24) is 35.1 Å². The maximum Gasteiger partial charge on any atom is 0.254 e. The number of carbonyl (C=O) groups is 2. The van der Waals surface area contributed by atoms with E-state index >= 15 is 8.78 Å². The molecule has 3 aliphatic rings. The first kappa shape index (κ1) is 51.0. The van der Waals surface area contributed by atoms with E-state index in [0.717, 1.165) is 80.9 Å². The summed E-state index contributed by atoms with van der Waals surface area (Å²) in [5.41, 5.74) is 8.74. The summed E-state index contributed by atoms with van der Waals surface area (Å²) in [4.78, 5) is 38.5. The molecule has 3 heterocycles. The van der Waals surface area contributed by atoms with Crippen LogP contribution in [0.1, 0.15) is 87.4 Å². The van der Waals surface area contributed by atoms with Crippen LogP contribution in [0, 0.1) is 24.5 Å². The molecular formula is C53H76F2N8O2. The average molecular weight is 895 g/mol. The Morgan fingerprint density at radius 2 is 1.65 bits per heavy atom. The van der Waals surface area contributed by atoms with Gasteiger partial charge in [0.2, 0.25) is 5.91 Å². The van der Waals surface area contributed by atoms with Gasteiger partial charge in [-0.1, -0.05) is 36.8 Å². The Morgan fingerprint density at radius 3 is 2.26 bits per heavy atom. The van der Waals surface area contributed by atoms with E-state index in [2.05, 4.69) is 96.2 Å². The molecule has 3 aliphatic heterocycles. The molecule has 0 aliphatic carbocycles. The van der Waals surface area contributed by atoms with E-state index in [4.69, 9.17) is 0 Å². The highest BCUT2D eigenvalue weighted by Gasteiger charge is 2.30. The van der Waals surface area contributed by atoms with E-state index in [0.29, 0.717) is 56.7 Å². The lowest BCUT2D eigenvalue weighted by atomic mass is 9.94. The number of piperazine rings is 1. The highest BCUT2D eigenvalue weighted by atomic mass is 19.1. The van der Waals surface area contributed by atoms with Crippen LogP contribution in [0.15, 0.2) is 95.5 Å². The third-order valence-corrected chi connectivity index (χ3v) is 12.9. The number of allylic oxidation sites excluding steroid dienone is 6. The second-order valence-corrected chi connectivity index (χ2v) is 18.7. The molecule has 2 saturated heterocycles. The lowest BCUT2D eigenvalue weighted by Crippen LogP contribution is -2.53. The Hall–Kier alpha value is -5.04.